The van der Waals surface area contributed by atoms with E-state index < -0.39 is 0 Å². The van der Waals surface area contributed by atoms with Crippen LogP contribution in [-0.4, -0.2) is 51.7 Å². The second-order valence-electron chi connectivity index (χ2n) is 11.4. The van der Waals surface area contributed by atoms with Crippen LogP contribution >= 0.6 is 0 Å². The van der Waals surface area contributed by atoms with E-state index in [1.807, 2.05) is 33.8 Å². The molecule has 2 heterocycles. The number of aryl methyl sites for hydroxylation is 1. The molecule has 0 saturated carbocycles. The SMILES string of the molecule is Cc1ccc(-c2cc(C(=O)N3CCN(Cc4ccc(C(C)(C)C)cc4)CC3)nn2Cc2ccccc2)cc1. The quantitative estimate of drug-likeness (QED) is 0.314. The molecule has 0 unspecified atom stereocenters. The second kappa shape index (κ2) is 11.0. The maximum atomic E-state index is 13.5. The van der Waals surface area contributed by atoms with Crippen molar-refractivity contribution < 1.29 is 4.79 Å². The van der Waals surface area contributed by atoms with Crippen molar-refractivity contribution in [1.82, 2.24) is 19.6 Å². The number of carbonyl (C=O) groups is 1. The van der Waals surface area contributed by atoms with Crippen LogP contribution in [0.3, 0.4) is 0 Å². The van der Waals surface area contributed by atoms with E-state index in [4.69, 9.17) is 5.10 Å². The highest BCUT2D eigenvalue weighted by Crippen LogP contribution is 2.25. The summed E-state index contributed by atoms with van der Waals surface area (Å²) in [4.78, 5) is 17.9. The van der Waals surface area contributed by atoms with Gasteiger partial charge in [-0.1, -0.05) is 105 Å². The van der Waals surface area contributed by atoms with E-state index in [0.29, 0.717) is 25.3 Å². The van der Waals surface area contributed by atoms with E-state index >= 15 is 0 Å². The van der Waals surface area contributed by atoms with Crippen LogP contribution in [0.1, 0.15) is 53.5 Å². The highest BCUT2D eigenvalue weighted by Gasteiger charge is 2.25. The molecule has 1 aliphatic heterocycles. The maximum Gasteiger partial charge on any atom is 0.274 e. The molecule has 1 aliphatic rings. The highest BCUT2D eigenvalue weighted by atomic mass is 16.2. The Labute approximate surface area is 226 Å². The average molecular weight is 507 g/mol. The molecule has 0 radical (unpaired) electrons. The van der Waals surface area contributed by atoms with Gasteiger partial charge < -0.3 is 4.90 Å². The third kappa shape index (κ3) is 6.05. The van der Waals surface area contributed by atoms with Crippen LogP contribution in [0, 0.1) is 6.92 Å². The third-order valence-corrected chi connectivity index (χ3v) is 7.41. The Morgan fingerprint density at radius 3 is 2.05 bits per heavy atom. The topological polar surface area (TPSA) is 41.4 Å². The van der Waals surface area contributed by atoms with Crippen LogP contribution in [0.2, 0.25) is 0 Å². The Bertz CT molecular complexity index is 1360. The molecule has 1 aromatic heterocycles. The molecule has 1 amide bonds. The van der Waals surface area contributed by atoms with Gasteiger partial charge in [-0.05, 0) is 40.7 Å². The zero-order valence-corrected chi connectivity index (χ0v) is 23.0. The molecule has 38 heavy (non-hydrogen) atoms. The van der Waals surface area contributed by atoms with Gasteiger partial charge in [0.2, 0.25) is 0 Å². The summed E-state index contributed by atoms with van der Waals surface area (Å²) in [5, 5.41) is 4.81. The summed E-state index contributed by atoms with van der Waals surface area (Å²) in [5.74, 6) is 0.0133. The van der Waals surface area contributed by atoms with Gasteiger partial charge in [-0.25, -0.2) is 0 Å². The van der Waals surface area contributed by atoms with E-state index in [1.54, 1.807) is 0 Å². The molecule has 0 spiro atoms. The van der Waals surface area contributed by atoms with Gasteiger partial charge in [-0.15, -0.1) is 0 Å². The van der Waals surface area contributed by atoms with Gasteiger partial charge in [0, 0.05) is 32.7 Å². The minimum atomic E-state index is 0.0133. The van der Waals surface area contributed by atoms with E-state index in [0.717, 1.165) is 36.5 Å². The van der Waals surface area contributed by atoms with Crippen LogP contribution < -0.4 is 0 Å². The molecular formula is C33H38N4O. The molecule has 196 valence electrons. The third-order valence-electron chi connectivity index (χ3n) is 7.41. The summed E-state index contributed by atoms with van der Waals surface area (Å²) in [6.07, 6.45) is 0. The Kier molecular flexibility index (Phi) is 7.48. The van der Waals surface area contributed by atoms with Crippen LogP contribution in [0.15, 0.2) is 84.9 Å². The first-order valence-electron chi connectivity index (χ1n) is 13.6. The monoisotopic (exact) mass is 506 g/mol. The average Bonchev–Trinajstić information content (AvgIpc) is 3.33. The molecule has 0 bridgehead atoms. The number of hydrogen-bond acceptors (Lipinski definition) is 3. The molecule has 1 saturated heterocycles. The van der Waals surface area contributed by atoms with Gasteiger partial charge in [0.1, 0.15) is 0 Å². The normalized spacial score (nSPS) is 14.6. The number of aromatic nitrogens is 2. The fourth-order valence-electron chi connectivity index (χ4n) is 4.99. The van der Waals surface area contributed by atoms with Gasteiger partial charge in [0.15, 0.2) is 5.69 Å². The molecule has 3 aromatic carbocycles. The number of benzene rings is 3. The van der Waals surface area contributed by atoms with Gasteiger partial charge >= 0.3 is 0 Å². The van der Waals surface area contributed by atoms with Crippen LogP contribution in [0.25, 0.3) is 11.3 Å². The van der Waals surface area contributed by atoms with Crippen LogP contribution in [0.4, 0.5) is 0 Å². The summed E-state index contributed by atoms with van der Waals surface area (Å²) < 4.78 is 1.96. The number of nitrogens with zero attached hydrogens (tertiary/aromatic N) is 4. The zero-order valence-electron chi connectivity index (χ0n) is 23.0. The van der Waals surface area contributed by atoms with E-state index in [9.17, 15) is 4.79 Å². The fraction of sp³-hybridized carbons (Fsp3) is 0.333. The summed E-state index contributed by atoms with van der Waals surface area (Å²) in [6.45, 7) is 13.5. The smallest absolute Gasteiger partial charge is 0.274 e. The number of piperazine rings is 1. The Balaban J connectivity index is 1.27. The first-order chi connectivity index (χ1) is 18.3. The van der Waals surface area contributed by atoms with Crippen molar-refractivity contribution in [2.24, 2.45) is 0 Å². The molecule has 0 atom stereocenters. The standard InChI is InChI=1S/C33H38N4O/c1-25-10-14-28(15-11-25)31-22-30(34-37(31)24-26-8-6-5-7-9-26)32(38)36-20-18-35(19-21-36)23-27-12-16-29(17-13-27)33(2,3)4/h5-17,22H,18-21,23-24H2,1-4H3. The Hall–Kier alpha value is -3.70. The van der Waals surface area contributed by atoms with Crippen molar-refractivity contribution in [3.63, 3.8) is 0 Å². The lowest BCUT2D eigenvalue weighted by molar-refractivity contribution is 0.0622. The highest BCUT2D eigenvalue weighted by molar-refractivity contribution is 5.93. The molecule has 5 heteroatoms. The number of rotatable bonds is 6. The van der Waals surface area contributed by atoms with Crippen LogP contribution in [-0.2, 0) is 18.5 Å². The van der Waals surface area contributed by atoms with E-state index in [2.05, 4.69) is 93.3 Å². The summed E-state index contributed by atoms with van der Waals surface area (Å²) >= 11 is 0. The summed E-state index contributed by atoms with van der Waals surface area (Å²) in [7, 11) is 0. The van der Waals surface area contributed by atoms with Crippen molar-refractivity contribution in [2.45, 2.75) is 46.2 Å². The second-order valence-corrected chi connectivity index (χ2v) is 11.4. The minimum Gasteiger partial charge on any atom is -0.335 e. The molecule has 5 nitrogen and oxygen atoms in total. The van der Waals surface area contributed by atoms with Gasteiger partial charge in [0.05, 0.1) is 12.2 Å². The van der Waals surface area contributed by atoms with Crippen molar-refractivity contribution >= 4 is 5.91 Å². The molecule has 5 rings (SSSR count). The minimum absolute atomic E-state index is 0.0133. The Morgan fingerprint density at radius 2 is 1.42 bits per heavy atom. The number of hydrogen-bond donors (Lipinski definition) is 0. The van der Waals surface area contributed by atoms with Crippen molar-refractivity contribution in [1.29, 1.82) is 0 Å². The van der Waals surface area contributed by atoms with Crippen molar-refractivity contribution in [3.8, 4) is 11.3 Å². The fourth-order valence-corrected chi connectivity index (χ4v) is 4.99. The lowest BCUT2D eigenvalue weighted by atomic mass is 9.87. The first-order valence-corrected chi connectivity index (χ1v) is 13.6. The van der Waals surface area contributed by atoms with Gasteiger partial charge in [-0.2, -0.15) is 5.10 Å². The summed E-state index contributed by atoms with van der Waals surface area (Å²) in [6, 6.07) is 29.6. The number of amides is 1. The first kappa shape index (κ1) is 25.9. The lowest BCUT2D eigenvalue weighted by Crippen LogP contribution is -2.48. The zero-order chi connectivity index (χ0) is 26.7. The van der Waals surface area contributed by atoms with Crippen LogP contribution in [0.5, 0.6) is 0 Å². The maximum absolute atomic E-state index is 13.5. The molecule has 4 aromatic rings. The molecular weight excluding hydrogens is 468 g/mol. The molecule has 1 fully saturated rings. The van der Waals surface area contributed by atoms with Gasteiger partial charge in [-0.3, -0.25) is 14.4 Å². The van der Waals surface area contributed by atoms with Crippen molar-refractivity contribution in [2.75, 3.05) is 26.2 Å². The van der Waals surface area contributed by atoms with Crippen molar-refractivity contribution in [3.05, 3.63) is 113 Å². The van der Waals surface area contributed by atoms with E-state index in [-0.39, 0.29) is 11.3 Å². The van der Waals surface area contributed by atoms with E-state index in [1.165, 1.54) is 16.7 Å². The predicted molar refractivity (Wildman–Crippen MR) is 154 cm³/mol. The lowest BCUT2D eigenvalue weighted by Gasteiger charge is -2.34. The van der Waals surface area contributed by atoms with Gasteiger partial charge in [0.25, 0.3) is 5.91 Å². The summed E-state index contributed by atoms with van der Waals surface area (Å²) in [5.41, 5.74) is 7.76. The molecule has 0 N–H and O–H groups in total. The largest absolute Gasteiger partial charge is 0.335 e. The Morgan fingerprint density at radius 1 is 0.789 bits per heavy atom. The number of carbonyl (C=O) groups excluding carboxylic acids is 1. The predicted octanol–water partition coefficient (Wildman–Crippen LogP) is 6.16. The molecule has 0 aliphatic carbocycles.